The third-order valence-electron chi connectivity index (χ3n) is 4.66. The Morgan fingerprint density at radius 1 is 1.32 bits per heavy atom. The molecule has 0 aromatic rings. The van der Waals surface area contributed by atoms with Crippen LogP contribution in [-0.4, -0.2) is 30.7 Å². The molecule has 1 fully saturated rings. The molecule has 1 aliphatic carbocycles. The van der Waals surface area contributed by atoms with Crippen LogP contribution in [0.1, 0.15) is 46.0 Å². The van der Waals surface area contributed by atoms with Gasteiger partial charge >= 0.3 is 6.18 Å². The SMILES string of the molecule is CC(C)[C@]1(CC#N)CC[C@H](N(C)CC(F)(F)F)CC1. The first-order valence-electron chi connectivity index (χ1n) is 6.84. The minimum absolute atomic E-state index is 0.00429. The number of halogens is 3. The highest BCUT2D eigenvalue weighted by atomic mass is 19.4. The van der Waals surface area contributed by atoms with E-state index in [4.69, 9.17) is 5.26 Å². The Hall–Kier alpha value is -0.760. The van der Waals surface area contributed by atoms with Crippen molar-refractivity contribution in [3.63, 3.8) is 0 Å². The summed E-state index contributed by atoms with van der Waals surface area (Å²) in [5.74, 6) is 0.404. The van der Waals surface area contributed by atoms with Gasteiger partial charge in [0.2, 0.25) is 0 Å². The highest BCUT2D eigenvalue weighted by Gasteiger charge is 2.40. The summed E-state index contributed by atoms with van der Waals surface area (Å²) in [6, 6.07) is 2.24. The molecule has 5 heteroatoms. The van der Waals surface area contributed by atoms with Crippen molar-refractivity contribution in [3.8, 4) is 6.07 Å². The maximum Gasteiger partial charge on any atom is 0.401 e. The van der Waals surface area contributed by atoms with Crippen molar-refractivity contribution < 1.29 is 13.2 Å². The van der Waals surface area contributed by atoms with Crippen LogP contribution in [0.25, 0.3) is 0 Å². The molecule has 1 saturated carbocycles. The van der Waals surface area contributed by atoms with Gasteiger partial charge in [-0.25, -0.2) is 0 Å². The van der Waals surface area contributed by atoms with E-state index in [2.05, 4.69) is 19.9 Å². The zero-order valence-electron chi connectivity index (χ0n) is 11.9. The molecule has 0 bridgehead atoms. The Bertz CT molecular complexity index is 323. The standard InChI is InChI=1S/C14H23F3N2/c1-11(2)13(8-9-18)6-4-12(5-7-13)19(3)10-14(15,16)17/h11-12H,4-8,10H2,1-3H3/t12-,13+. The van der Waals surface area contributed by atoms with Crippen LogP contribution in [-0.2, 0) is 0 Å². The number of nitriles is 1. The summed E-state index contributed by atoms with van der Waals surface area (Å²) in [6.45, 7) is 3.37. The minimum Gasteiger partial charge on any atom is -0.295 e. The topological polar surface area (TPSA) is 27.0 Å². The lowest BCUT2D eigenvalue weighted by Gasteiger charge is -2.44. The molecular weight excluding hydrogens is 253 g/mol. The fraction of sp³-hybridized carbons (Fsp3) is 0.929. The van der Waals surface area contributed by atoms with Gasteiger partial charge in [-0.05, 0) is 44.1 Å². The molecule has 0 aromatic carbocycles. The van der Waals surface area contributed by atoms with E-state index in [1.54, 1.807) is 7.05 Å². The Morgan fingerprint density at radius 2 is 1.84 bits per heavy atom. The monoisotopic (exact) mass is 276 g/mol. The molecule has 0 radical (unpaired) electrons. The van der Waals surface area contributed by atoms with Crippen LogP contribution in [0.4, 0.5) is 13.2 Å². The molecule has 0 atom stereocenters. The van der Waals surface area contributed by atoms with Gasteiger partial charge in [-0.3, -0.25) is 4.90 Å². The van der Waals surface area contributed by atoms with Crippen LogP contribution in [0.2, 0.25) is 0 Å². The first-order chi connectivity index (χ1) is 8.70. The maximum absolute atomic E-state index is 12.4. The second-order valence-electron chi connectivity index (χ2n) is 6.11. The first-order valence-corrected chi connectivity index (χ1v) is 6.84. The van der Waals surface area contributed by atoms with E-state index in [1.807, 2.05) is 0 Å². The summed E-state index contributed by atoms with van der Waals surface area (Å²) < 4.78 is 37.1. The van der Waals surface area contributed by atoms with Crippen molar-refractivity contribution in [1.29, 1.82) is 5.26 Å². The maximum atomic E-state index is 12.4. The molecule has 2 nitrogen and oxygen atoms in total. The molecule has 1 rings (SSSR count). The summed E-state index contributed by atoms with van der Waals surface area (Å²) in [5.41, 5.74) is 0.00429. The Balaban J connectivity index is 2.59. The largest absolute Gasteiger partial charge is 0.401 e. The van der Waals surface area contributed by atoms with Crippen LogP contribution in [0.15, 0.2) is 0 Å². The van der Waals surface area contributed by atoms with Gasteiger partial charge in [0, 0.05) is 12.5 Å². The fourth-order valence-corrected chi connectivity index (χ4v) is 3.15. The first kappa shape index (κ1) is 16.3. The minimum atomic E-state index is -4.13. The molecule has 1 aliphatic rings. The van der Waals surface area contributed by atoms with Crippen molar-refractivity contribution in [1.82, 2.24) is 4.90 Å². The number of alkyl halides is 3. The summed E-state index contributed by atoms with van der Waals surface area (Å²) in [7, 11) is 1.55. The van der Waals surface area contributed by atoms with Crippen LogP contribution in [0.5, 0.6) is 0 Å². The molecule has 0 heterocycles. The van der Waals surface area contributed by atoms with Crippen molar-refractivity contribution >= 4 is 0 Å². The van der Waals surface area contributed by atoms with Gasteiger partial charge in [0.25, 0.3) is 0 Å². The Kier molecular flexibility index (Phi) is 5.26. The zero-order chi connectivity index (χ0) is 14.7. The lowest BCUT2D eigenvalue weighted by molar-refractivity contribution is -0.149. The predicted octanol–water partition coefficient (Wildman–Crippen LogP) is 3.98. The van der Waals surface area contributed by atoms with Crippen molar-refractivity contribution in [2.24, 2.45) is 11.3 Å². The fourth-order valence-electron chi connectivity index (χ4n) is 3.15. The van der Waals surface area contributed by atoms with Crippen LogP contribution in [0.3, 0.4) is 0 Å². The quantitative estimate of drug-likeness (QED) is 0.776. The van der Waals surface area contributed by atoms with Crippen molar-refractivity contribution in [2.45, 2.75) is 58.2 Å². The van der Waals surface area contributed by atoms with E-state index >= 15 is 0 Å². The number of rotatable bonds is 4. The third kappa shape index (κ3) is 4.38. The molecule has 0 aromatic heterocycles. The Labute approximate surface area is 113 Å². The number of hydrogen-bond acceptors (Lipinski definition) is 2. The summed E-state index contributed by atoms with van der Waals surface area (Å²) >= 11 is 0. The molecule has 19 heavy (non-hydrogen) atoms. The van der Waals surface area contributed by atoms with Crippen LogP contribution >= 0.6 is 0 Å². The molecule has 0 saturated heterocycles. The second-order valence-corrected chi connectivity index (χ2v) is 6.11. The van der Waals surface area contributed by atoms with Gasteiger partial charge in [-0.2, -0.15) is 18.4 Å². The molecular formula is C14H23F3N2. The van der Waals surface area contributed by atoms with E-state index in [0.29, 0.717) is 12.3 Å². The van der Waals surface area contributed by atoms with E-state index in [0.717, 1.165) is 25.7 Å². The average molecular weight is 276 g/mol. The van der Waals surface area contributed by atoms with Gasteiger partial charge in [0.05, 0.1) is 12.6 Å². The summed E-state index contributed by atoms with van der Waals surface area (Å²) in [4.78, 5) is 1.41. The summed E-state index contributed by atoms with van der Waals surface area (Å²) in [6.07, 6.45) is -0.399. The van der Waals surface area contributed by atoms with Crippen molar-refractivity contribution in [3.05, 3.63) is 0 Å². The summed E-state index contributed by atoms with van der Waals surface area (Å²) in [5, 5.41) is 8.95. The van der Waals surface area contributed by atoms with E-state index in [-0.39, 0.29) is 11.5 Å². The highest BCUT2D eigenvalue weighted by molar-refractivity contribution is 4.96. The van der Waals surface area contributed by atoms with Crippen LogP contribution in [0, 0.1) is 22.7 Å². The lowest BCUT2D eigenvalue weighted by atomic mass is 9.64. The normalized spacial score (nSPS) is 28.7. The average Bonchev–Trinajstić information content (AvgIpc) is 2.27. The van der Waals surface area contributed by atoms with Crippen molar-refractivity contribution in [2.75, 3.05) is 13.6 Å². The van der Waals surface area contributed by atoms with Gasteiger partial charge in [-0.1, -0.05) is 13.8 Å². The highest BCUT2D eigenvalue weighted by Crippen LogP contribution is 2.46. The number of nitrogens with zero attached hydrogens (tertiary/aromatic N) is 2. The second kappa shape index (κ2) is 6.13. The predicted molar refractivity (Wildman–Crippen MR) is 68.4 cm³/mol. The molecule has 0 N–H and O–H groups in total. The van der Waals surface area contributed by atoms with E-state index < -0.39 is 12.7 Å². The zero-order valence-corrected chi connectivity index (χ0v) is 11.9. The molecule has 0 amide bonds. The molecule has 0 spiro atoms. The van der Waals surface area contributed by atoms with Gasteiger partial charge in [0.1, 0.15) is 0 Å². The third-order valence-corrected chi connectivity index (χ3v) is 4.66. The van der Waals surface area contributed by atoms with Gasteiger partial charge < -0.3 is 0 Å². The molecule has 0 aliphatic heterocycles. The smallest absolute Gasteiger partial charge is 0.295 e. The van der Waals surface area contributed by atoms with Gasteiger partial charge in [-0.15, -0.1) is 0 Å². The lowest BCUT2D eigenvalue weighted by Crippen LogP contribution is -2.44. The molecule has 0 unspecified atom stereocenters. The Morgan fingerprint density at radius 3 is 2.21 bits per heavy atom. The van der Waals surface area contributed by atoms with E-state index in [9.17, 15) is 13.2 Å². The number of hydrogen-bond donors (Lipinski definition) is 0. The van der Waals surface area contributed by atoms with Gasteiger partial charge in [0.15, 0.2) is 0 Å². The molecule has 110 valence electrons. The van der Waals surface area contributed by atoms with E-state index in [1.165, 1.54) is 4.90 Å². The van der Waals surface area contributed by atoms with Crippen LogP contribution < -0.4 is 0 Å².